The van der Waals surface area contributed by atoms with Crippen LogP contribution in [-0.4, -0.2) is 41.2 Å². The van der Waals surface area contributed by atoms with E-state index in [9.17, 15) is 9.90 Å². The molecular weight excluding hydrogens is 364 g/mol. The minimum Gasteiger partial charge on any atom is -0.497 e. The summed E-state index contributed by atoms with van der Waals surface area (Å²) in [7, 11) is 1.67. The molecule has 2 fully saturated rings. The molecule has 2 aromatic rings. The molecule has 152 valence electrons. The summed E-state index contributed by atoms with van der Waals surface area (Å²) in [5.74, 6) is 0.205. The summed E-state index contributed by atoms with van der Waals surface area (Å²) in [6.45, 7) is 1.70. The van der Waals surface area contributed by atoms with Crippen LogP contribution in [0, 0.1) is 5.92 Å². The van der Waals surface area contributed by atoms with Gasteiger partial charge in [0.15, 0.2) is 0 Å². The quantitative estimate of drug-likeness (QED) is 0.838. The van der Waals surface area contributed by atoms with Gasteiger partial charge < -0.3 is 15.6 Å². The minimum absolute atomic E-state index is 0.0262. The first-order valence-corrected chi connectivity index (χ1v) is 10.4. The zero-order valence-electron chi connectivity index (χ0n) is 16.8. The third-order valence-corrected chi connectivity index (χ3v) is 7.68. The molecule has 1 saturated heterocycles. The monoisotopic (exact) mass is 392 g/mol. The number of likely N-dealkylation sites (tertiary alicyclic amines) is 1. The van der Waals surface area contributed by atoms with Crippen LogP contribution in [0.5, 0.6) is 5.75 Å². The Balaban J connectivity index is 1.60. The predicted octanol–water partition coefficient (Wildman–Crippen LogP) is 2.39. The van der Waals surface area contributed by atoms with Crippen LogP contribution in [0.1, 0.15) is 36.0 Å². The van der Waals surface area contributed by atoms with Gasteiger partial charge in [-0.25, -0.2) is 0 Å². The van der Waals surface area contributed by atoms with Crippen LogP contribution in [0.3, 0.4) is 0 Å². The molecule has 4 atom stereocenters. The van der Waals surface area contributed by atoms with E-state index in [0.29, 0.717) is 12.8 Å². The average Bonchev–Trinajstić information content (AvgIpc) is 3.06. The summed E-state index contributed by atoms with van der Waals surface area (Å²) in [5.41, 5.74) is 7.99. The number of ether oxygens (including phenoxy) is 1. The maximum absolute atomic E-state index is 12.2. The Labute approximate surface area is 171 Å². The molecule has 5 nitrogen and oxygen atoms in total. The predicted molar refractivity (Wildman–Crippen MR) is 111 cm³/mol. The van der Waals surface area contributed by atoms with Gasteiger partial charge in [-0.05, 0) is 61.1 Å². The van der Waals surface area contributed by atoms with Gasteiger partial charge >= 0.3 is 0 Å². The molecule has 0 spiro atoms. The van der Waals surface area contributed by atoms with Crippen molar-refractivity contribution in [2.75, 3.05) is 13.7 Å². The normalized spacial score (nSPS) is 33.0. The van der Waals surface area contributed by atoms with Crippen LogP contribution in [0.15, 0.2) is 48.5 Å². The van der Waals surface area contributed by atoms with E-state index in [2.05, 4.69) is 41.3 Å². The Hall–Kier alpha value is -2.37. The molecule has 1 amide bonds. The number of amides is 1. The molecular formula is C24H28N2O3. The number of hydrogen-bond donors (Lipinski definition) is 2. The first-order chi connectivity index (χ1) is 14.0. The molecule has 5 heteroatoms. The zero-order valence-corrected chi connectivity index (χ0v) is 16.8. The fourth-order valence-corrected chi connectivity index (χ4v) is 6.30. The zero-order chi connectivity index (χ0) is 20.2. The fraction of sp³-hybridized carbons (Fsp3) is 0.458. The van der Waals surface area contributed by atoms with E-state index in [-0.39, 0.29) is 17.9 Å². The van der Waals surface area contributed by atoms with Crippen molar-refractivity contribution in [1.82, 2.24) is 4.90 Å². The van der Waals surface area contributed by atoms with E-state index in [1.165, 1.54) is 11.1 Å². The van der Waals surface area contributed by atoms with E-state index in [1.54, 1.807) is 7.11 Å². The summed E-state index contributed by atoms with van der Waals surface area (Å²) in [4.78, 5) is 14.6. The third kappa shape index (κ3) is 2.64. The molecule has 0 aromatic heterocycles. The van der Waals surface area contributed by atoms with Crippen molar-refractivity contribution in [3.8, 4) is 5.75 Å². The van der Waals surface area contributed by atoms with Gasteiger partial charge in [0.2, 0.25) is 5.91 Å². The topological polar surface area (TPSA) is 75.8 Å². The highest BCUT2D eigenvalue weighted by molar-refractivity contribution is 5.78. The SMILES string of the molecule is COc1ccc2c(c1)C13CCN(Cc4ccccc4)[C@H](C2)[C@]1(O)CC(C(N)=O)C3. The van der Waals surface area contributed by atoms with Crippen LogP contribution >= 0.6 is 0 Å². The van der Waals surface area contributed by atoms with Crippen molar-refractivity contribution >= 4 is 5.91 Å². The summed E-state index contributed by atoms with van der Waals surface area (Å²) < 4.78 is 5.49. The molecule has 3 aliphatic rings. The number of piperidine rings is 1. The van der Waals surface area contributed by atoms with Crippen LogP contribution in [0.25, 0.3) is 0 Å². The lowest BCUT2D eigenvalue weighted by Crippen LogP contribution is -2.69. The number of rotatable bonds is 4. The van der Waals surface area contributed by atoms with Crippen molar-refractivity contribution in [3.63, 3.8) is 0 Å². The Morgan fingerprint density at radius 3 is 2.76 bits per heavy atom. The Morgan fingerprint density at radius 1 is 1.24 bits per heavy atom. The number of fused-ring (bicyclic) bond motifs is 1. The summed E-state index contributed by atoms with van der Waals surface area (Å²) in [5, 5.41) is 12.2. The Morgan fingerprint density at radius 2 is 2.03 bits per heavy atom. The van der Waals surface area contributed by atoms with E-state index < -0.39 is 11.0 Å². The second kappa shape index (κ2) is 6.57. The molecule has 2 aromatic carbocycles. The van der Waals surface area contributed by atoms with Crippen molar-refractivity contribution in [2.24, 2.45) is 11.7 Å². The fourth-order valence-electron chi connectivity index (χ4n) is 6.30. The number of carbonyl (C=O) groups excluding carboxylic acids is 1. The summed E-state index contributed by atoms with van der Waals surface area (Å²) in [6, 6.07) is 16.6. The Kier molecular flexibility index (Phi) is 4.23. The number of nitrogens with zero attached hydrogens (tertiary/aromatic N) is 1. The molecule has 29 heavy (non-hydrogen) atoms. The lowest BCUT2D eigenvalue weighted by atomic mass is 9.56. The van der Waals surface area contributed by atoms with E-state index in [1.807, 2.05) is 12.1 Å². The molecule has 5 rings (SSSR count). The van der Waals surface area contributed by atoms with E-state index >= 15 is 0 Å². The van der Waals surface area contributed by atoms with Crippen LogP contribution in [-0.2, 0) is 23.2 Å². The number of aliphatic hydroxyl groups is 1. The summed E-state index contributed by atoms with van der Waals surface area (Å²) in [6.07, 6.45) is 2.65. The largest absolute Gasteiger partial charge is 0.497 e. The molecule has 0 radical (unpaired) electrons. The number of methoxy groups -OCH3 is 1. The van der Waals surface area contributed by atoms with Gasteiger partial charge in [-0.2, -0.15) is 0 Å². The second-order valence-electron chi connectivity index (χ2n) is 8.96. The minimum atomic E-state index is -0.959. The smallest absolute Gasteiger partial charge is 0.220 e. The number of benzene rings is 2. The number of primary amides is 1. The van der Waals surface area contributed by atoms with Crippen molar-refractivity contribution in [1.29, 1.82) is 0 Å². The van der Waals surface area contributed by atoms with Crippen LogP contribution < -0.4 is 10.5 Å². The number of nitrogens with two attached hydrogens (primary N) is 1. The van der Waals surface area contributed by atoms with Gasteiger partial charge in [-0.3, -0.25) is 9.69 Å². The molecule has 3 N–H and O–H groups in total. The lowest BCUT2D eigenvalue weighted by molar-refractivity contribution is -0.134. The van der Waals surface area contributed by atoms with Gasteiger partial charge in [-0.1, -0.05) is 36.4 Å². The van der Waals surface area contributed by atoms with Gasteiger partial charge in [0.1, 0.15) is 5.75 Å². The molecule has 1 heterocycles. The van der Waals surface area contributed by atoms with Crippen molar-refractivity contribution in [3.05, 3.63) is 65.2 Å². The number of hydrogen-bond acceptors (Lipinski definition) is 4. The maximum Gasteiger partial charge on any atom is 0.220 e. The highest BCUT2D eigenvalue weighted by Crippen LogP contribution is 2.61. The van der Waals surface area contributed by atoms with Crippen LogP contribution in [0.4, 0.5) is 0 Å². The van der Waals surface area contributed by atoms with Gasteiger partial charge in [-0.15, -0.1) is 0 Å². The second-order valence-corrected chi connectivity index (χ2v) is 8.96. The molecule has 1 aliphatic heterocycles. The Bertz CT molecular complexity index is 946. The van der Waals surface area contributed by atoms with Crippen molar-refractivity contribution < 1.29 is 14.6 Å². The average molecular weight is 392 g/mol. The maximum atomic E-state index is 12.2. The molecule has 1 saturated carbocycles. The van der Waals surface area contributed by atoms with E-state index in [4.69, 9.17) is 10.5 Å². The number of carbonyl (C=O) groups is 1. The van der Waals surface area contributed by atoms with Crippen molar-refractivity contribution in [2.45, 2.75) is 49.3 Å². The van der Waals surface area contributed by atoms with Crippen LogP contribution in [0.2, 0.25) is 0 Å². The standard InChI is InChI=1S/C24H28N2O3/c1-29-19-8-7-17-11-21-24(28)14-18(22(25)27)13-23(24,20(17)12-19)9-10-26(21)15-16-5-3-2-4-6-16/h2-8,12,18,21,28H,9-11,13-15H2,1H3,(H2,25,27)/t18?,21-,23?,24-/m1/s1. The first-order valence-electron chi connectivity index (χ1n) is 10.4. The van der Waals surface area contributed by atoms with Gasteiger partial charge in [0.05, 0.1) is 12.7 Å². The molecule has 2 unspecified atom stereocenters. The third-order valence-electron chi connectivity index (χ3n) is 7.68. The first kappa shape index (κ1) is 18.6. The van der Waals surface area contributed by atoms with Gasteiger partial charge in [0.25, 0.3) is 0 Å². The van der Waals surface area contributed by atoms with Gasteiger partial charge in [0, 0.05) is 23.9 Å². The molecule has 2 aliphatic carbocycles. The summed E-state index contributed by atoms with van der Waals surface area (Å²) >= 11 is 0. The lowest BCUT2D eigenvalue weighted by Gasteiger charge is -2.59. The molecule has 2 bridgehead atoms. The highest BCUT2D eigenvalue weighted by atomic mass is 16.5. The van der Waals surface area contributed by atoms with E-state index in [0.717, 1.165) is 37.2 Å². The highest BCUT2D eigenvalue weighted by Gasteiger charge is 2.67.